The first-order chi connectivity index (χ1) is 7.09. The third-order valence-corrected chi connectivity index (χ3v) is 2.30. The van der Waals surface area contributed by atoms with Crippen molar-refractivity contribution < 1.29 is 9.59 Å². The van der Waals surface area contributed by atoms with Gasteiger partial charge in [-0.2, -0.15) is 0 Å². The summed E-state index contributed by atoms with van der Waals surface area (Å²) in [5.74, 6) is -0.511. The van der Waals surface area contributed by atoms with E-state index in [1.54, 1.807) is 29.2 Å². The highest BCUT2D eigenvalue weighted by molar-refractivity contribution is 5.94. The molecule has 0 unspecified atom stereocenters. The Hall–Kier alpha value is -2.24. The van der Waals surface area contributed by atoms with Crippen molar-refractivity contribution in [3.05, 3.63) is 29.7 Å². The van der Waals surface area contributed by atoms with Gasteiger partial charge in [0, 0.05) is 18.6 Å². The molecule has 0 aliphatic carbocycles. The lowest BCUT2D eigenvalue weighted by Crippen LogP contribution is -2.33. The highest BCUT2D eigenvalue weighted by Crippen LogP contribution is 2.18. The van der Waals surface area contributed by atoms with Crippen molar-refractivity contribution in [1.29, 1.82) is 0 Å². The molecule has 0 fully saturated rings. The van der Waals surface area contributed by atoms with Gasteiger partial charge in [0.15, 0.2) is 0 Å². The van der Waals surface area contributed by atoms with Gasteiger partial charge in [0.1, 0.15) is 0 Å². The Morgan fingerprint density at radius 1 is 1.27 bits per heavy atom. The lowest BCUT2D eigenvalue weighted by Gasteiger charge is -2.21. The Labute approximate surface area is 85.7 Å². The number of nitrogens with zero attached hydrogens (tertiary/aromatic N) is 2. The molecule has 2 rings (SSSR count). The van der Waals surface area contributed by atoms with Crippen molar-refractivity contribution in [2.45, 2.75) is 6.54 Å². The van der Waals surface area contributed by atoms with E-state index >= 15 is 0 Å². The molecule has 1 aliphatic rings. The average Bonchev–Trinajstić information content (AvgIpc) is 2.59. The van der Waals surface area contributed by atoms with Crippen LogP contribution in [0.25, 0.3) is 6.20 Å². The molecule has 0 aromatic carbocycles. The van der Waals surface area contributed by atoms with E-state index in [1.807, 2.05) is 0 Å². The zero-order chi connectivity index (χ0) is 11.0. The molecule has 1 aromatic rings. The zero-order valence-corrected chi connectivity index (χ0v) is 7.88. The fourth-order valence-corrected chi connectivity index (χ4v) is 1.53. The molecule has 1 aromatic heterocycles. The first-order valence-corrected chi connectivity index (χ1v) is 4.33. The van der Waals surface area contributed by atoms with Gasteiger partial charge in [0.2, 0.25) is 0 Å². The van der Waals surface area contributed by atoms with Gasteiger partial charge in [-0.05, 0) is 6.07 Å². The molecule has 6 nitrogen and oxygen atoms in total. The Balaban J connectivity index is 2.41. The highest BCUT2D eigenvalue weighted by atomic mass is 16.2. The molecule has 0 radical (unpaired) electrons. The Bertz CT molecular complexity index is 461. The van der Waals surface area contributed by atoms with Crippen LogP contribution >= 0.6 is 0 Å². The number of aromatic nitrogens is 1. The molecule has 15 heavy (non-hydrogen) atoms. The molecular weight excluding hydrogens is 196 g/mol. The molecule has 0 saturated carbocycles. The van der Waals surface area contributed by atoms with Crippen LogP contribution in [0.15, 0.2) is 18.5 Å². The summed E-state index contributed by atoms with van der Waals surface area (Å²) in [7, 11) is 0. The predicted molar refractivity (Wildman–Crippen MR) is 53.4 cm³/mol. The van der Waals surface area contributed by atoms with Crippen LogP contribution in [0.4, 0.5) is 4.79 Å². The van der Waals surface area contributed by atoms with Crippen molar-refractivity contribution >= 4 is 18.1 Å². The summed E-state index contributed by atoms with van der Waals surface area (Å²) >= 11 is 0. The summed E-state index contributed by atoms with van der Waals surface area (Å²) in [5.41, 5.74) is 11.4. The first-order valence-electron chi connectivity index (χ1n) is 4.33. The molecule has 3 amide bonds. The third kappa shape index (κ3) is 1.45. The average molecular weight is 206 g/mol. The largest absolute Gasteiger partial charge is 0.366 e. The molecule has 4 N–H and O–H groups in total. The molecule has 0 saturated heterocycles. The van der Waals surface area contributed by atoms with Gasteiger partial charge >= 0.3 is 6.03 Å². The minimum absolute atomic E-state index is 0.261. The first kappa shape index (κ1) is 9.32. The Morgan fingerprint density at radius 2 is 2.00 bits per heavy atom. The van der Waals surface area contributed by atoms with Crippen molar-refractivity contribution in [1.82, 2.24) is 9.47 Å². The summed E-state index contributed by atoms with van der Waals surface area (Å²) in [5, 5.41) is 0. The maximum Gasteiger partial charge on any atom is 0.319 e. The summed E-state index contributed by atoms with van der Waals surface area (Å²) in [4.78, 5) is 23.3. The van der Waals surface area contributed by atoms with E-state index in [1.165, 1.54) is 4.90 Å². The van der Waals surface area contributed by atoms with Crippen molar-refractivity contribution in [2.24, 2.45) is 11.5 Å². The smallest absolute Gasteiger partial charge is 0.319 e. The van der Waals surface area contributed by atoms with Crippen LogP contribution in [0.5, 0.6) is 0 Å². The van der Waals surface area contributed by atoms with Crippen molar-refractivity contribution in [3.63, 3.8) is 0 Å². The van der Waals surface area contributed by atoms with E-state index in [0.717, 1.165) is 0 Å². The van der Waals surface area contributed by atoms with Crippen LogP contribution in [-0.4, -0.2) is 21.4 Å². The number of carbonyl (C=O) groups excluding carboxylic acids is 2. The van der Waals surface area contributed by atoms with Crippen LogP contribution in [-0.2, 0) is 6.54 Å². The van der Waals surface area contributed by atoms with Gasteiger partial charge in [0.05, 0.1) is 17.8 Å². The second-order valence-electron chi connectivity index (χ2n) is 3.21. The minimum Gasteiger partial charge on any atom is -0.366 e. The Morgan fingerprint density at radius 3 is 2.60 bits per heavy atom. The fraction of sp³-hybridized carbons (Fsp3) is 0.111. The molecule has 2 heterocycles. The van der Waals surface area contributed by atoms with Crippen LogP contribution in [0.3, 0.4) is 0 Å². The number of hydrogen-bond donors (Lipinski definition) is 2. The number of hydrogen-bond acceptors (Lipinski definition) is 2. The maximum absolute atomic E-state index is 11.1. The molecular formula is C9H10N4O2. The highest BCUT2D eigenvalue weighted by Gasteiger charge is 2.19. The monoisotopic (exact) mass is 206 g/mol. The number of urea groups is 1. The summed E-state index contributed by atoms with van der Waals surface area (Å²) in [6.07, 6.45) is 4.92. The lowest BCUT2D eigenvalue weighted by atomic mass is 10.2. The molecule has 1 aliphatic heterocycles. The van der Waals surface area contributed by atoms with Crippen LogP contribution in [0, 0.1) is 0 Å². The number of rotatable bonds is 1. The van der Waals surface area contributed by atoms with Crippen molar-refractivity contribution in [2.75, 3.05) is 0 Å². The summed E-state index contributed by atoms with van der Waals surface area (Å²) < 4.78 is 1.74. The summed E-state index contributed by atoms with van der Waals surface area (Å²) in [6.45, 7) is 0.261. The molecule has 0 spiro atoms. The molecule has 0 atom stereocenters. The van der Waals surface area contributed by atoms with Gasteiger partial charge in [-0.25, -0.2) is 4.79 Å². The van der Waals surface area contributed by atoms with Crippen LogP contribution in [0.2, 0.25) is 0 Å². The third-order valence-electron chi connectivity index (χ3n) is 2.30. The standard InChI is InChI=1S/C9H10N4O2/c10-8(14)6-1-2-12-3-4-13(9(11)15)5-7(6)12/h1-4H,5H2,(H2,10,14)(H2,11,15). The predicted octanol–water partition coefficient (Wildman–Crippen LogP) is -0.0905. The summed E-state index contributed by atoms with van der Waals surface area (Å²) in [6, 6.07) is 1.06. The van der Waals surface area contributed by atoms with Crippen LogP contribution < -0.4 is 11.5 Å². The van der Waals surface area contributed by atoms with E-state index in [0.29, 0.717) is 11.3 Å². The van der Waals surface area contributed by atoms with Crippen LogP contribution in [0.1, 0.15) is 16.1 Å². The van der Waals surface area contributed by atoms with Gasteiger partial charge in [-0.1, -0.05) is 0 Å². The van der Waals surface area contributed by atoms with Gasteiger partial charge < -0.3 is 16.0 Å². The van der Waals surface area contributed by atoms with E-state index in [-0.39, 0.29) is 6.54 Å². The number of carbonyl (C=O) groups is 2. The zero-order valence-electron chi connectivity index (χ0n) is 7.88. The van der Waals surface area contributed by atoms with E-state index in [4.69, 9.17) is 11.5 Å². The number of fused-ring (bicyclic) bond motifs is 1. The number of nitrogens with two attached hydrogens (primary N) is 2. The second kappa shape index (κ2) is 3.16. The number of amides is 3. The number of primary amides is 2. The fourth-order valence-electron chi connectivity index (χ4n) is 1.53. The second-order valence-corrected chi connectivity index (χ2v) is 3.21. The van der Waals surface area contributed by atoms with E-state index in [9.17, 15) is 9.59 Å². The van der Waals surface area contributed by atoms with E-state index in [2.05, 4.69) is 0 Å². The topological polar surface area (TPSA) is 94.3 Å². The lowest BCUT2D eigenvalue weighted by molar-refractivity contribution is 0.0998. The molecule has 6 heteroatoms. The minimum atomic E-state index is -0.561. The molecule has 78 valence electrons. The molecule has 0 bridgehead atoms. The maximum atomic E-state index is 11.1. The Kier molecular flexibility index (Phi) is 1.96. The van der Waals surface area contributed by atoms with E-state index < -0.39 is 11.9 Å². The van der Waals surface area contributed by atoms with Gasteiger partial charge in [0.25, 0.3) is 5.91 Å². The van der Waals surface area contributed by atoms with Crippen molar-refractivity contribution in [3.8, 4) is 0 Å². The SMILES string of the molecule is NC(=O)c1ccn2c1CN(C(N)=O)C=C2. The van der Waals surface area contributed by atoms with Gasteiger partial charge in [-0.3, -0.25) is 9.69 Å². The quantitative estimate of drug-likeness (QED) is 0.671. The van der Waals surface area contributed by atoms with Gasteiger partial charge in [-0.15, -0.1) is 0 Å². The normalized spacial score (nSPS) is 13.7.